The first-order chi connectivity index (χ1) is 9.66. The summed E-state index contributed by atoms with van der Waals surface area (Å²) < 4.78 is 0. The van der Waals surface area contributed by atoms with Gasteiger partial charge in [-0.25, -0.2) is 0 Å². The number of amides is 1. The van der Waals surface area contributed by atoms with E-state index >= 15 is 0 Å². The SMILES string of the molecule is O=C(Nc1cccc2c(=O)[nH][nH]c(=O)c12)[C@@H]1CCCN1. The van der Waals surface area contributed by atoms with E-state index in [1.54, 1.807) is 18.2 Å². The third kappa shape index (κ3) is 2.12. The van der Waals surface area contributed by atoms with Gasteiger partial charge in [-0.05, 0) is 31.5 Å². The zero-order valence-corrected chi connectivity index (χ0v) is 10.7. The van der Waals surface area contributed by atoms with Crippen LogP contribution in [0.2, 0.25) is 0 Å². The molecule has 0 spiro atoms. The van der Waals surface area contributed by atoms with Crippen molar-refractivity contribution in [2.45, 2.75) is 18.9 Å². The molecular weight excluding hydrogens is 260 g/mol. The van der Waals surface area contributed by atoms with Crippen molar-refractivity contribution in [3.63, 3.8) is 0 Å². The van der Waals surface area contributed by atoms with Gasteiger partial charge in [0, 0.05) is 0 Å². The predicted octanol–water partition coefficient (Wildman–Crippen LogP) is -0.0931. The van der Waals surface area contributed by atoms with Crippen LogP contribution in [0.4, 0.5) is 5.69 Å². The standard InChI is InChI=1S/C13H14N4O3/c18-11-7-3-1-4-8(10(7)13(20)17-16-11)15-12(19)9-5-2-6-14-9/h1,3-4,9,14H,2,5-6H2,(H,15,19)(H,16,18)(H,17,20)/t9-/m0/s1. The monoisotopic (exact) mass is 274 g/mol. The first kappa shape index (κ1) is 12.6. The topological polar surface area (TPSA) is 107 Å². The van der Waals surface area contributed by atoms with Crippen LogP contribution in [0.1, 0.15) is 12.8 Å². The van der Waals surface area contributed by atoms with E-state index in [4.69, 9.17) is 0 Å². The molecule has 0 saturated carbocycles. The van der Waals surface area contributed by atoms with E-state index in [1.807, 2.05) is 0 Å². The minimum absolute atomic E-state index is 0.185. The number of carbonyl (C=O) groups excluding carboxylic acids is 1. The molecule has 2 aromatic rings. The number of rotatable bonds is 2. The highest BCUT2D eigenvalue weighted by molar-refractivity contribution is 6.03. The fourth-order valence-electron chi connectivity index (χ4n) is 2.46. The van der Waals surface area contributed by atoms with Crippen molar-refractivity contribution in [1.82, 2.24) is 15.5 Å². The molecule has 1 aromatic heterocycles. The number of aromatic amines is 2. The summed E-state index contributed by atoms with van der Waals surface area (Å²) in [5.74, 6) is -0.185. The normalized spacial score (nSPS) is 18.3. The minimum atomic E-state index is -0.435. The fourth-order valence-corrected chi connectivity index (χ4v) is 2.46. The lowest BCUT2D eigenvalue weighted by atomic mass is 10.1. The Bertz CT molecular complexity index is 771. The van der Waals surface area contributed by atoms with Crippen LogP contribution in [-0.4, -0.2) is 28.7 Å². The van der Waals surface area contributed by atoms with Crippen LogP contribution in [0.3, 0.4) is 0 Å². The molecule has 7 heteroatoms. The lowest BCUT2D eigenvalue weighted by Crippen LogP contribution is -2.36. The second kappa shape index (κ2) is 4.93. The van der Waals surface area contributed by atoms with Gasteiger partial charge < -0.3 is 10.6 Å². The van der Waals surface area contributed by atoms with Crippen molar-refractivity contribution in [2.24, 2.45) is 0 Å². The third-order valence-electron chi connectivity index (χ3n) is 3.46. The number of benzene rings is 1. The molecule has 4 N–H and O–H groups in total. The molecule has 0 bridgehead atoms. The molecule has 7 nitrogen and oxygen atoms in total. The second-order valence-electron chi connectivity index (χ2n) is 4.77. The smallest absolute Gasteiger partial charge is 0.272 e. The number of aromatic nitrogens is 2. The summed E-state index contributed by atoms with van der Waals surface area (Å²) in [5.41, 5.74) is -0.474. The van der Waals surface area contributed by atoms with Crippen LogP contribution in [-0.2, 0) is 4.79 Å². The van der Waals surface area contributed by atoms with Crippen molar-refractivity contribution in [3.8, 4) is 0 Å². The Morgan fingerprint density at radius 1 is 1.20 bits per heavy atom. The summed E-state index contributed by atoms with van der Waals surface area (Å²) in [7, 11) is 0. The molecule has 1 aromatic carbocycles. The second-order valence-corrected chi connectivity index (χ2v) is 4.77. The van der Waals surface area contributed by atoms with Crippen molar-refractivity contribution >= 4 is 22.4 Å². The average Bonchev–Trinajstić information content (AvgIpc) is 2.97. The molecule has 0 radical (unpaired) electrons. The van der Waals surface area contributed by atoms with Gasteiger partial charge in [-0.3, -0.25) is 24.6 Å². The molecule has 1 aliphatic heterocycles. The lowest BCUT2D eigenvalue weighted by Gasteiger charge is -2.12. The van der Waals surface area contributed by atoms with E-state index < -0.39 is 11.1 Å². The van der Waals surface area contributed by atoms with E-state index in [2.05, 4.69) is 20.8 Å². The number of H-pyrrole nitrogens is 2. The molecule has 1 amide bonds. The number of fused-ring (bicyclic) bond motifs is 1. The Hall–Kier alpha value is -2.41. The summed E-state index contributed by atoms with van der Waals surface area (Å²) in [6.45, 7) is 0.813. The Morgan fingerprint density at radius 2 is 2.00 bits per heavy atom. The number of hydrogen-bond donors (Lipinski definition) is 4. The Labute approximate surface area is 113 Å². The van der Waals surface area contributed by atoms with E-state index in [1.165, 1.54) is 0 Å². The lowest BCUT2D eigenvalue weighted by molar-refractivity contribution is -0.117. The Morgan fingerprint density at radius 3 is 2.75 bits per heavy atom. The minimum Gasteiger partial charge on any atom is -0.324 e. The summed E-state index contributed by atoms with van der Waals surface area (Å²) in [5, 5.41) is 10.8. The van der Waals surface area contributed by atoms with Crippen LogP contribution >= 0.6 is 0 Å². The Balaban J connectivity index is 2.03. The van der Waals surface area contributed by atoms with Crippen molar-refractivity contribution < 1.29 is 4.79 Å². The summed E-state index contributed by atoms with van der Waals surface area (Å²) >= 11 is 0. The first-order valence-corrected chi connectivity index (χ1v) is 6.45. The maximum absolute atomic E-state index is 12.1. The van der Waals surface area contributed by atoms with E-state index in [0.717, 1.165) is 19.4 Å². The van der Waals surface area contributed by atoms with Gasteiger partial charge in [0.25, 0.3) is 11.1 Å². The average molecular weight is 274 g/mol. The summed E-state index contributed by atoms with van der Waals surface area (Å²) in [6.07, 6.45) is 1.72. The molecule has 3 rings (SSSR count). The number of nitrogens with one attached hydrogen (secondary N) is 4. The highest BCUT2D eigenvalue weighted by Gasteiger charge is 2.22. The van der Waals surface area contributed by atoms with Gasteiger partial charge in [0.1, 0.15) is 0 Å². The van der Waals surface area contributed by atoms with Gasteiger partial charge in [0.05, 0.1) is 22.5 Å². The van der Waals surface area contributed by atoms with Crippen LogP contribution in [0, 0.1) is 0 Å². The van der Waals surface area contributed by atoms with E-state index in [0.29, 0.717) is 5.69 Å². The van der Waals surface area contributed by atoms with Crippen molar-refractivity contribution in [1.29, 1.82) is 0 Å². The van der Waals surface area contributed by atoms with Crippen LogP contribution < -0.4 is 21.8 Å². The predicted molar refractivity (Wildman–Crippen MR) is 74.8 cm³/mol. The molecule has 1 atom stereocenters. The third-order valence-corrected chi connectivity index (χ3v) is 3.46. The molecule has 0 aliphatic carbocycles. The van der Waals surface area contributed by atoms with Crippen molar-refractivity contribution in [2.75, 3.05) is 11.9 Å². The highest BCUT2D eigenvalue weighted by Crippen LogP contribution is 2.18. The molecular formula is C13H14N4O3. The van der Waals surface area contributed by atoms with Gasteiger partial charge in [-0.1, -0.05) is 6.07 Å². The van der Waals surface area contributed by atoms with Gasteiger partial charge in [-0.15, -0.1) is 0 Å². The molecule has 0 unspecified atom stereocenters. The summed E-state index contributed by atoms with van der Waals surface area (Å²) in [4.78, 5) is 35.6. The number of hydrogen-bond acceptors (Lipinski definition) is 4. The van der Waals surface area contributed by atoms with Crippen molar-refractivity contribution in [3.05, 3.63) is 38.9 Å². The Kier molecular flexibility index (Phi) is 3.11. The quantitative estimate of drug-likeness (QED) is 0.613. The van der Waals surface area contributed by atoms with E-state index in [-0.39, 0.29) is 22.7 Å². The highest BCUT2D eigenvalue weighted by atomic mass is 16.2. The maximum Gasteiger partial charge on any atom is 0.272 e. The largest absolute Gasteiger partial charge is 0.324 e. The zero-order valence-electron chi connectivity index (χ0n) is 10.7. The number of anilines is 1. The van der Waals surface area contributed by atoms with Crippen LogP contribution in [0.5, 0.6) is 0 Å². The van der Waals surface area contributed by atoms with E-state index in [9.17, 15) is 14.4 Å². The van der Waals surface area contributed by atoms with Gasteiger partial charge in [-0.2, -0.15) is 0 Å². The molecule has 1 aliphatic rings. The van der Waals surface area contributed by atoms with Gasteiger partial charge >= 0.3 is 0 Å². The fraction of sp³-hybridized carbons (Fsp3) is 0.308. The van der Waals surface area contributed by atoms with Crippen LogP contribution in [0.25, 0.3) is 10.8 Å². The summed E-state index contributed by atoms with van der Waals surface area (Å²) in [6, 6.07) is 4.55. The van der Waals surface area contributed by atoms with Gasteiger partial charge in [0.15, 0.2) is 0 Å². The molecule has 104 valence electrons. The van der Waals surface area contributed by atoms with Gasteiger partial charge in [0.2, 0.25) is 5.91 Å². The zero-order chi connectivity index (χ0) is 14.1. The molecule has 2 heterocycles. The maximum atomic E-state index is 12.1. The molecule has 1 saturated heterocycles. The number of carbonyl (C=O) groups is 1. The molecule has 20 heavy (non-hydrogen) atoms. The molecule has 1 fully saturated rings. The van der Waals surface area contributed by atoms with Crippen LogP contribution in [0.15, 0.2) is 27.8 Å². The first-order valence-electron chi connectivity index (χ1n) is 6.45.